The third-order valence-corrected chi connectivity index (χ3v) is 2.35. The lowest BCUT2D eigenvalue weighted by molar-refractivity contribution is -0.117. The van der Waals surface area contributed by atoms with Crippen molar-refractivity contribution in [2.75, 3.05) is 5.32 Å². The van der Waals surface area contributed by atoms with Crippen molar-refractivity contribution in [1.82, 2.24) is 4.98 Å². The smallest absolute Gasteiger partial charge is 0.233 e. The van der Waals surface area contributed by atoms with Gasteiger partial charge >= 0.3 is 0 Å². The number of pyridine rings is 1. The molecule has 1 atom stereocenters. The van der Waals surface area contributed by atoms with E-state index < -0.39 is 0 Å². The predicted octanol–water partition coefficient (Wildman–Crippen LogP) is 1.92. The largest absolute Gasteiger partial charge is 0.310 e. The minimum absolute atomic E-state index is 0.0219. The minimum Gasteiger partial charge on any atom is -0.310 e. The van der Waals surface area contributed by atoms with Crippen LogP contribution >= 0.6 is 0 Å². The van der Waals surface area contributed by atoms with E-state index in [2.05, 4.69) is 17.2 Å². The van der Waals surface area contributed by atoms with E-state index in [1.165, 1.54) is 0 Å². The van der Waals surface area contributed by atoms with Crippen LogP contribution < -0.4 is 5.32 Å². The van der Waals surface area contributed by atoms with Crippen LogP contribution in [0.2, 0.25) is 0 Å². The van der Waals surface area contributed by atoms with Gasteiger partial charge in [-0.1, -0.05) is 19.4 Å². The summed E-state index contributed by atoms with van der Waals surface area (Å²) in [6.45, 7) is 2.08. The Hall–Kier alpha value is -1.38. The molecule has 68 valence electrons. The second-order valence-electron chi connectivity index (χ2n) is 3.27. The molecule has 1 aromatic rings. The van der Waals surface area contributed by atoms with Gasteiger partial charge in [-0.3, -0.25) is 4.79 Å². The molecule has 0 saturated heterocycles. The number of nitrogens with one attached hydrogen (secondary N) is 1. The molecule has 1 unspecified atom stereocenters. The zero-order chi connectivity index (χ0) is 9.26. The summed E-state index contributed by atoms with van der Waals surface area (Å²) in [5.74, 6) is 0.857. The lowest BCUT2D eigenvalue weighted by Crippen LogP contribution is -2.11. The number of hydrogen-bond donors (Lipinski definition) is 1. The minimum atomic E-state index is 0.0219. The summed E-state index contributed by atoms with van der Waals surface area (Å²) in [6.07, 6.45) is 3.63. The topological polar surface area (TPSA) is 42.0 Å². The van der Waals surface area contributed by atoms with Crippen molar-refractivity contribution in [3.05, 3.63) is 23.9 Å². The van der Waals surface area contributed by atoms with Gasteiger partial charge in [0.25, 0.3) is 0 Å². The van der Waals surface area contributed by atoms with E-state index in [0.717, 1.165) is 24.2 Å². The van der Waals surface area contributed by atoms with Crippen molar-refractivity contribution in [1.29, 1.82) is 0 Å². The van der Waals surface area contributed by atoms with E-state index in [1.807, 2.05) is 12.1 Å². The van der Waals surface area contributed by atoms with Crippen molar-refractivity contribution in [2.45, 2.75) is 25.7 Å². The third-order valence-electron chi connectivity index (χ3n) is 2.35. The average Bonchev–Trinajstić information content (AvgIpc) is 2.44. The fourth-order valence-corrected chi connectivity index (χ4v) is 1.72. The van der Waals surface area contributed by atoms with Gasteiger partial charge in [0.1, 0.15) is 5.82 Å². The standard InChI is InChI=1S/C10H12N2O/c1-2-4-8-7-5-3-6-11-9(7)12-10(8)13/h3,5-6,8H,2,4H2,1H3,(H,11,12,13). The van der Waals surface area contributed by atoms with Crippen LogP contribution in [0.4, 0.5) is 5.82 Å². The van der Waals surface area contributed by atoms with Gasteiger partial charge in [0.15, 0.2) is 0 Å². The second-order valence-corrected chi connectivity index (χ2v) is 3.27. The van der Waals surface area contributed by atoms with Crippen molar-refractivity contribution in [2.24, 2.45) is 0 Å². The number of hydrogen-bond acceptors (Lipinski definition) is 2. The highest BCUT2D eigenvalue weighted by Crippen LogP contribution is 2.33. The molecule has 0 saturated carbocycles. The summed E-state index contributed by atoms with van der Waals surface area (Å²) in [5, 5.41) is 2.78. The first kappa shape index (κ1) is 8.23. The summed E-state index contributed by atoms with van der Waals surface area (Å²) in [7, 11) is 0. The van der Waals surface area contributed by atoms with Crippen LogP contribution in [-0.2, 0) is 4.79 Å². The summed E-state index contributed by atoms with van der Waals surface area (Å²) >= 11 is 0. The first-order chi connectivity index (χ1) is 6.33. The number of fused-ring (bicyclic) bond motifs is 1. The van der Waals surface area contributed by atoms with Crippen molar-refractivity contribution in [3.8, 4) is 0 Å². The lowest BCUT2D eigenvalue weighted by atomic mass is 9.98. The maximum Gasteiger partial charge on any atom is 0.233 e. The average molecular weight is 176 g/mol. The normalized spacial score (nSPS) is 19.8. The molecule has 1 aromatic heterocycles. The first-order valence-corrected chi connectivity index (χ1v) is 4.58. The number of amides is 1. The highest BCUT2D eigenvalue weighted by molar-refractivity contribution is 6.01. The Morgan fingerprint density at radius 1 is 1.62 bits per heavy atom. The first-order valence-electron chi connectivity index (χ1n) is 4.58. The molecular formula is C10H12N2O. The van der Waals surface area contributed by atoms with Crippen LogP contribution in [0.15, 0.2) is 18.3 Å². The number of carbonyl (C=O) groups is 1. The summed E-state index contributed by atoms with van der Waals surface area (Å²) in [4.78, 5) is 15.6. The molecule has 13 heavy (non-hydrogen) atoms. The Bertz CT molecular complexity index is 335. The molecule has 2 heterocycles. The molecule has 0 aliphatic carbocycles. The molecule has 1 amide bonds. The molecule has 1 aliphatic rings. The van der Waals surface area contributed by atoms with Crippen LogP contribution in [0.1, 0.15) is 31.2 Å². The van der Waals surface area contributed by atoms with E-state index in [9.17, 15) is 4.79 Å². The molecule has 0 bridgehead atoms. The van der Waals surface area contributed by atoms with Gasteiger partial charge in [0.2, 0.25) is 5.91 Å². The van der Waals surface area contributed by atoms with Crippen molar-refractivity contribution in [3.63, 3.8) is 0 Å². The quantitative estimate of drug-likeness (QED) is 0.748. The van der Waals surface area contributed by atoms with Crippen LogP contribution in [0, 0.1) is 0 Å². The fourth-order valence-electron chi connectivity index (χ4n) is 1.72. The van der Waals surface area contributed by atoms with Crippen molar-refractivity contribution < 1.29 is 4.79 Å². The van der Waals surface area contributed by atoms with Crippen LogP contribution in [0.25, 0.3) is 0 Å². The maximum atomic E-state index is 11.5. The van der Waals surface area contributed by atoms with E-state index in [0.29, 0.717) is 0 Å². The molecule has 3 nitrogen and oxygen atoms in total. The monoisotopic (exact) mass is 176 g/mol. The highest BCUT2D eigenvalue weighted by atomic mass is 16.2. The van der Waals surface area contributed by atoms with Gasteiger partial charge in [0, 0.05) is 11.8 Å². The van der Waals surface area contributed by atoms with Gasteiger partial charge in [-0.25, -0.2) is 4.98 Å². The molecule has 0 fully saturated rings. The Morgan fingerprint density at radius 3 is 3.23 bits per heavy atom. The number of carbonyl (C=O) groups excluding carboxylic acids is 1. The predicted molar refractivity (Wildman–Crippen MR) is 50.5 cm³/mol. The Morgan fingerprint density at radius 2 is 2.46 bits per heavy atom. The highest BCUT2D eigenvalue weighted by Gasteiger charge is 2.29. The zero-order valence-electron chi connectivity index (χ0n) is 7.58. The molecule has 3 heteroatoms. The number of rotatable bonds is 2. The molecular weight excluding hydrogens is 164 g/mol. The van der Waals surface area contributed by atoms with Gasteiger partial charge in [-0.2, -0.15) is 0 Å². The zero-order valence-corrected chi connectivity index (χ0v) is 7.58. The molecule has 0 spiro atoms. The van der Waals surface area contributed by atoms with Crippen LogP contribution in [-0.4, -0.2) is 10.9 Å². The van der Waals surface area contributed by atoms with E-state index >= 15 is 0 Å². The second kappa shape index (κ2) is 3.17. The van der Waals surface area contributed by atoms with Gasteiger partial charge < -0.3 is 5.32 Å². The number of aromatic nitrogens is 1. The van der Waals surface area contributed by atoms with Gasteiger partial charge in [-0.05, 0) is 12.5 Å². The van der Waals surface area contributed by atoms with E-state index in [-0.39, 0.29) is 11.8 Å². The van der Waals surface area contributed by atoms with Crippen LogP contribution in [0.5, 0.6) is 0 Å². The summed E-state index contributed by atoms with van der Waals surface area (Å²) < 4.78 is 0. The molecule has 0 radical (unpaired) electrons. The van der Waals surface area contributed by atoms with Crippen LogP contribution in [0.3, 0.4) is 0 Å². The lowest BCUT2D eigenvalue weighted by Gasteiger charge is -2.04. The molecule has 2 rings (SSSR count). The third kappa shape index (κ3) is 1.30. The number of nitrogens with zero attached hydrogens (tertiary/aromatic N) is 1. The van der Waals surface area contributed by atoms with E-state index in [4.69, 9.17) is 0 Å². The fraction of sp³-hybridized carbons (Fsp3) is 0.400. The van der Waals surface area contributed by atoms with Gasteiger partial charge in [-0.15, -0.1) is 0 Å². The maximum absolute atomic E-state index is 11.5. The Labute approximate surface area is 77.2 Å². The molecule has 1 N–H and O–H groups in total. The number of anilines is 1. The van der Waals surface area contributed by atoms with Gasteiger partial charge in [0.05, 0.1) is 5.92 Å². The van der Waals surface area contributed by atoms with Crippen molar-refractivity contribution >= 4 is 11.7 Å². The Balaban J connectivity index is 2.35. The Kier molecular flexibility index (Phi) is 2.00. The summed E-state index contributed by atoms with van der Waals surface area (Å²) in [5.41, 5.74) is 1.05. The SMILES string of the molecule is CCCC1C(=O)Nc2ncccc21. The molecule has 0 aromatic carbocycles. The summed E-state index contributed by atoms with van der Waals surface area (Å²) in [6, 6.07) is 3.85. The van der Waals surface area contributed by atoms with E-state index in [1.54, 1.807) is 6.20 Å². The molecule has 1 aliphatic heterocycles.